The average molecular weight is 234 g/mol. The first-order valence-corrected chi connectivity index (χ1v) is 6.51. The van der Waals surface area contributed by atoms with Gasteiger partial charge in [-0.05, 0) is 40.7 Å². The van der Waals surface area contributed by atoms with Gasteiger partial charge in [0.2, 0.25) is 0 Å². The molecular weight excluding hydrogens is 216 g/mol. The summed E-state index contributed by atoms with van der Waals surface area (Å²) in [7, 11) is 0. The average Bonchev–Trinajstić information content (AvgIpc) is 2.87. The van der Waals surface area contributed by atoms with Crippen LogP contribution in [-0.4, -0.2) is 0 Å². The van der Waals surface area contributed by atoms with Gasteiger partial charge in [-0.3, -0.25) is 0 Å². The summed E-state index contributed by atoms with van der Waals surface area (Å²) in [6.07, 6.45) is 6.65. The second-order valence-electron chi connectivity index (χ2n) is 5.35. The summed E-state index contributed by atoms with van der Waals surface area (Å²) in [6, 6.07) is 8.61. The van der Waals surface area contributed by atoms with Gasteiger partial charge in [-0.15, -0.1) is 0 Å². The monoisotopic (exact) mass is 234 g/mol. The normalized spacial score (nSPS) is 24.6. The molecule has 0 saturated heterocycles. The fourth-order valence-electron chi connectivity index (χ4n) is 2.80. The van der Waals surface area contributed by atoms with Crippen molar-refractivity contribution in [2.45, 2.75) is 19.8 Å². The minimum Gasteiger partial charge on any atom is -0.0989 e. The molecule has 3 rings (SSSR count). The van der Waals surface area contributed by atoms with Crippen LogP contribution in [-0.2, 0) is 6.42 Å². The molecule has 0 aliphatic heterocycles. The Morgan fingerprint density at radius 3 is 2.61 bits per heavy atom. The highest BCUT2D eigenvalue weighted by molar-refractivity contribution is 5.67. The van der Waals surface area contributed by atoms with Crippen LogP contribution in [0.5, 0.6) is 0 Å². The SMILES string of the molecule is C=C1CC(=CC2=Cc3ccccc3C2)C(=C)C1C. The molecule has 0 N–H and O–H groups in total. The molecule has 0 radical (unpaired) electrons. The molecule has 1 aromatic carbocycles. The van der Waals surface area contributed by atoms with Crippen molar-refractivity contribution in [1.82, 2.24) is 0 Å². The van der Waals surface area contributed by atoms with Crippen LogP contribution in [0, 0.1) is 5.92 Å². The molecule has 2 aliphatic carbocycles. The highest BCUT2D eigenvalue weighted by Crippen LogP contribution is 2.39. The number of rotatable bonds is 1. The van der Waals surface area contributed by atoms with Crippen molar-refractivity contribution < 1.29 is 0 Å². The Morgan fingerprint density at radius 2 is 1.94 bits per heavy atom. The van der Waals surface area contributed by atoms with Crippen molar-refractivity contribution in [2.75, 3.05) is 0 Å². The quantitative estimate of drug-likeness (QED) is 0.618. The molecule has 1 aromatic rings. The second kappa shape index (κ2) is 4.13. The molecule has 0 heterocycles. The molecule has 90 valence electrons. The van der Waals surface area contributed by atoms with E-state index in [1.54, 1.807) is 0 Å². The van der Waals surface area contributed by atoms with Gasteiger partial charge in [-0.1, -0.05) is 62.1 Å². The fourth-order valence-corrected chi connectivity index (χ4v) is 2.80. The van der Waals surface area contributed by atoms with E-state index in [9.17, 15) is 0 Å². The van der Waals surface area contributed by atoms with E-state index in [1.807, 2.05) is 0 Å². The first-order valence-electron chi connectivity index (χ1n) is 6.51. The zero-order valence-electron chi connectivity index (χ0n) is 10.9. The molecule has 0 heteroatoms. The minimum absolute atomic E-state index is 0.445. The molecular formula is C18H18. The van der Waals surface area contributed by atoms with Crippen LogP contribution in [0.15, 0.2) is 65.8 Å². The molecule has 18 heavy (non-hydrogen) atoms. The van der Waals surface area contributed by atoms with E-state index in [4.69, 9.17) is 0 Å². The minimum atomic E-state index is 0.445. The maximum absolute atomic E-state index is 4.20. The van der Waals surface area contributed by atoms with Crippen LogP contribution in [0.4, 0.5) is 0 Å². The summed E-state index contributed by atoms with van der Waals surface area (Å²) < 4.78 is 0. The van der Waals surface area contributed by atoms with E-state index in [1.165, 1.54) is 33.4 Å². The largest absolute Gasteiger partial charge is 0.0989 e. The third-order valence-corrected chi connectivity index (χ3v) is 4.12. The van der Waals surface area contributed by atoms with E-state index in [2.05, 4.69) is 56.5 Å². The van der Waals surface area contributed by atoms with Crippen molar-refractivity contribution >= 4 is 6.08 Å². The van der Waals surface area contributed by atoms with Crippen LogP contribution >= 0.6 is 0 Å². The molecule has 0 bridgehead atoms. The first-order chi connectivity index (χ1) is 8.65. The number of allylic oxidation sites excluding steroid dienone is 5. The molecule has 2 aliphatic rings. The van der Waals surface area contributed by atoms with Crippen molar-refractivity contribution in [2.24, 2.45) is 5.92 Å². The molecule has 0 nitrogen and oxygen atoms in total. The lowest BCUT2D eigenvalue weighted by Gasteiger charge is -2.03. The number of hydrogen-bond acceptors (Lipinski definition) is 0. The van der Waals surface area contributed by atoms with E-state index in [-0.39, 0.29) is 0 Å². The van der Waals surface area contributed by atoms with Gasteiger partial charge in [-0.25, -0.2) is 0 Å². The van der Waals surface area contributed by atoms with Crippen LogP contribution in [0.3, 0.4) is 0 Å². The van der Waals surface area contributed by atoms with Crippen LogP contribution in [0.2, 0.25) is 0 Å². The Bertz CT molecular complexity index is 596. The van der Waals surface area contributed by atoms with Gasteiger partial charge >= 0.3 is 0 Å². The lowest BCUT2D eigenvalue weighted by atomic mass is 10.0. The molecule has 1 unspecified atom stereocenters. The molecule has 1 atom stereocenters. The standard InChI is InChI=1S/C18H18/c1-12-8-18(14(3)13(12)2)11-15-9-16-6-4-5-7-17(16)10-15/h4-7,9,11,13H,1,3,8,10H2,2H3. The maximum Gasteiger partial charge on any atom is 0.00174 e. The Labute approximate surface area is 109 Å². The number of fused-ring (bicyclic) bond motifs is 1. The second-order valence-corrected chi connectivity index (χ2v) is 5.35. The topological polar surface area (TPSA) is 0 Å². The zero-order valence-corrected chi connectivity index (χ0v) is 10.9. The number of hydrogen-bond donors (Lipinski definition) is 0. The van der Waals surface area contributed by atoms with Crippen LogP contribution < -0.4 is 0 Å². The van der Waals surface area contributed by atoms with Crippen LogP contribution in [0.1, 0.15) is 24.5 Å². The smallest absolute Gasteiger partial charge is 0.00174 e. The summed E-state index contributed by atoms with van der Waals surface area (Å²) in [5.74, 6) is 0.445. The Balaban J connectivity index is 1.88. The molecule has 0 aromatic heterocycles. The van der Waals surface area contributed by atoms with Gasteiger partial charge in [0.05, 0.1) is 0 Å². The lowest BCUT2D eigenvalue weighted by molar-refractivity contribution is 0.868. The van der Waals surface area contributed by atoms with Gasteiger partial charge in [0.15, 0.2) is 0 Å². The Kier molecular flexibility index (Phi) is 2.59. The first kappa shape index (κ1) is 11.3. The zero-order chi connectivity index (χ0) is 12.7. The molecule has 1 saturated carbocycles. The Hall–Kier alpha value is -1.82. The van der Waals surface area contributed by atoms with Gasteiger partial charge in [-0.2, -0.15) is 0 Å². The van der Waals surface area contributed by atoms with E-state index in [0.29, 0.717) is 5.92 Å². The molecule has 0 amide bonds. The third-order valence-electron chi connectivity index (χ3n) is 4.12. The summed E-state index contributed by atoms with van der Waals surface area (Å²) >= 11 is 0. The van der Waals surface area contributed by atoms with Gasteiger partial charge < -0.3 is 0 Å². The van der Waals surface area contributed by atoms with Gasteiger partial charge in [0, 0.05) is 5.92 Å². The molecule has 0 spiro atoms. The van der Waals surface area contributed by atoms with Crippen molar-refractivity contribution in [1.29, 1.82) is 0 Å². The summed E-state index contributed by atoms with van der Waals surface area (Å²) in [5, 5.41) is 0. The van der Waals surface area contributed by atoms with Crippen molar-refractivity contribution in [3.05, 3.63) is 76.9 Å². The highest BCUT2D eigenvalue weighted by Gasteiger charge is 2.23. The molecule has 1 fully saturated rings. The predicted molar refractivity (Wildman–Crippen MR) is 78.3 cm³/mol. The number of benzene rings is 1. The fraction of sp³-hybridized carbons (Fsp3) is 0.222. The van der Waals surface area contributed by atoms with Crippen molar-refractivity contribution in [3.8, 4) is 0 Å². The van der Waals surface area contributed by atoms with E-state index < -0.39 is 0 Å². The van der Waals surface area contributed by atoms with Gasteiger partial charge in [0.1, 0.15) is 0 Å². The van der Waals surface area contributed by atoms with E-state index >= 15 is 0 Å². The maximum atomic E-state index is 4.20. The Morgan fingerprint density at radius 1 is 1.17 bits per heavy atom. The van der Waals surface area contributed by atoms with E-state index in [0.717, 1.165) is 12.8 Å². The third kappa shape index (κ3) is 1.78. The van der Waals surface area contributed by atoms with Crippen molar-refractivity contribution in [3.63, 3.8) is 0 Å². The summed E-state index contributed by atoms with van der Waals surface area (Å²) in [5.41, 5.74) is 8.10. The summed E-state index contributed by atoms with van der Waals surface area (Å²) in [4.78, 5) is 0. The predicted octanol–water partition coefficient (Wildman–Crippen LogP) is 4.70. The van der Waals surface area contributed by atoms with Gasteiger partial charge in [0.25, 0.3) is 0 Å². The van der Waals surface area contributed by atoms with Crippen LogP contribution in [0.25, 0.3) is 6.08 Å². The highest BCUT2D eigenvalue weighted by atomic mass is 14.3. The lowest BCUT2D eigenvalue weighted by Crippen LogP contribution is -1.90. The summed E-state index contributed by atoms with van der Waals surface area (Å²) in [6.45, 7) is 10.5.